The average molecular weight is 372 g/mol. The molecule has 1 atom stereocenters. The van der Waals surface area contributed by atoms with E-state index in [1.54, 1.807) is 31.2 Å². The van der Waals surface area contributed by atoms with E-state index in [1.807, 2.05) is 13.8 Å². The van der Waals surface area contributed by atoms with Crippen LogP contribution in [0.3, 0.4) is 0 Å². The molecule has 2 rings (SSSR count). The van der Waals surface area contributed by atoms with E-state index in [-0.39, 0.29) is 17.2 Å². The third-order valence-electron chi connectivity index (χ3n) is 3.74. The molecule has 0 spiro atoms. The van der Waals surface area contributed by atoms with E-state index in [2.05, 4.69) is 5.32 Å². The largest absolute Gasteiger partial charge is 0.491 e. The minimum atomic E-state index is -1.35. The lowest BCUT2D eigenvalue weighted by Gasteiger charge is -2.16. The molecule has 0 saturated heterocycles. The molecular weight excluding hydrogens is 352 g/mol. The Labute approximate surface area is 155 Å². The second kappa shape index (κ2) is 8.31. The van der Waals surface area contributed by atoms with Crippen LogP contribution in [0.1, 0.15) is 53.1 Å². The molecule has 0 bridgehead atoms. The zero-order valence-electron chi connectivity index (χ0n) is 15.1. The molecule has 1 amide bonds. The number of hydrogen-bond donors (Lipinski definition) is 2. The Kier molecular flexibility index (Phi) is 6.12. The number of aromatic carboxylic acids is 1. The lowest BCUT2D eigenvalue weighted by atomic mass is 10.1. The van der Waals surface area contributed by atoms with E-state index in [0.29, 0.717) is 5.75 Å². The van der Waals surface area contributed by atoms with Gasteiger partial charge in [-0.15, -0.1) is 0 Å². The van der Waals surface area contributed by atoms with Crippen LogP contribution in [0.4, 0.5) is 5.69 Å². The van der Waals surface area contributed by atoms with Gasteiger partial charge in [0, 0.05) is 17.7 Å². The Hall–Kier alpha value is -3.42. The molecule has 0 aliphatic carbocycles. The number of carboxylic acids is 1. The Bertz CT molecular complexity index is 829. The predicted octanol–water partition coefficient (Wildman–Crippen LogP) is 3.57. The molecule has 0 radical (unpaired) electrons. The molecule has 2 aromatic rings. The average Bonchev–Trinajstić information content (AvgIpc) is 2.61. The fraction of sp³-hybridized carbons (Fsp3) is 0.263. The summed E-state index contributed by atoms with van der Waals surface area (Å²) >= 11 is 0. The summed E-state index contributed by atoms with van der Waals surface area (Å²) in [7, 11) is 0. The maximum atomic E-state index is 12.4. The van der Waals surface area contributed by atoms with Crippen molar-refractivity contribution in [1.82, 2.24) is 5.32 Å². The molecule has 27 heavy (non-hydrogen) atoms. The highest BCUT2D eigenvalue weighted by Crippen LogP contribution is 2.21. The minimum Gasteiger partial charge on any atom is -0.491 e. The predicted molar refractivity (Wildman–Crippen MR) is 98.1 cm³/mol. The smallest absolute Gasteiger partial charge is 0.335 e. The summed E-state index contributed by atoms with van der Waals surface area (Å²) in [5.41, 5.74) is -0.0587. The SMILES string of the molecule is CC(C)Oc1ccc(C(C)NC(=O)c2cc(C(=O)O)cc([N+](=O)[O-])c2)cc1. The highest BCUT2D eigenvalue weighted by atomic mass is 16.6. The lowest BCUT2D eigenvalue weighted by Crippen LogP contribution is -2.27. The van der Waals surface area contributed by atoms with Gasteiger partial charge in [-0.25, -0.2) is 4.79 Å². The number of nitrogens with one attached hydrogen (secondary N) is 1. The number of carboxylic acid groups (broad SMARTS) is 1. The molecule has 8 nitrogen and oxygen atoms in total. The van der Waals surface area contributed by atoms with Gasteiger partial charge in [-0.2, -0.15) is 0 Å². The van der Waals surface area contributed by atoms with E-state index in [0.717, 1.165) is 23.8 Å². The van der Waals surface area contributed by atoms with Gasteiger partial charge in [0.15, 0.2) is 0 Å². The number of rotatable bonds is 7. The van der Waals surface area contributed by atoms with Crippen LogP contribution in [-0.2, 0) is 0 Å². The summed E-state index contributed by atoms with van der Waals surface area (Å²) in [5, 5.41) is 22.8. The summed E-state index contributed by atoms with van der Waals surface area (Å²) in [6, 6.07) is 9.86. The summed E-state index contributed by atoms with van der Waals surface area (Å²) in [6.45, 7) is 5.59. The molecule has 0 aliphatic rings. The van der Waals surface area contributed by atoms with Gasteiger partial charge in [0.1, 0.15) is 5.75 Å². The van der Waals surface area contributed by atoms with Crippen molar-refractivity contribution in [2.24, 2.45) is 0 Å². The van der Waals surface area contributed by atoms with Gasteiger partial charge in [-0.3, -0.25) is 14.9 Å². The second-order valence-corrected chi connectivity index (χ2v) is 6.26. The van der Waals surface area contributed by atoms with Crippen molar-refractivity contribution < 1.29 is 24.4 Å². The number of ether oxygens (including phenoxy) is 1. The van der Waals surface area contributed by atoms with Gasteiger partial charge >= 0.3 is 5.97 Å². The van der Waals surface area contributed by atoms with Gasteiger partial charge in [-0.05, 0) is 44.5 Å². The quantitative estimate of drug-likeness (QED) is 0.566. The van der Waals surface area contributed by atoms with Crippen LogP contribution in [0.5, 0.6) is 5.75 Å². The van der Waals surface area contributed by atoms with Crippen molar-refractivity contribution in [3.63, 3.8) is 0 Å². The molecule has 8 heteroatoms. The highest BCUT2D eigenvalue weighted by molar-refractivity contribution is 5.98. The Morgan fingerprint density at radius 1 is 1.07 bits per heavy atom. The van der Waals surface area contributed by atoms with E-state index in [4.69, 9.17) is 9.84 Å². The van der Waals surface area contributed by atoms with Crippen molar-refractivity contribution in [2.45, 2.75) is 32.9 Å². The summed E-state index contributed by atoms with van der Waals surface area (Å²) in [6.07, 6.45) is 0.0466. The fourth-order valence-electron chi connectivity index (χ4n) is 2.44. The minimum absolute atomic E-state index is 0.0466. The van der Waals surface area contributed by atoms with Crippen LogP contribution in [-0.4, -0.2) is 28.0 Å². The number of carbonyl (C=O) groups excluding carboxylic acids is 1. The standard InChI is InChI=1S/C19H20N2O6/c1-11(2)27-17-6-4-13(5-7-17)12(3)20-18(22)14-8-15(19(23)24)10-16(9-14)21(25)26/h4-12H,1-3H3,(H,20,22)(H,23,24). The van der Waals surface area contributed by atoms with Crippen molar-refractivity contribution >= 4 is 17.6 Å². The van der Waals surface area contributed by atoms with Crippen LogP contribution in [0.25, 0.3) is 0 Å². The first-order chi connectivity index (χ1) is 12.7. The number of non-ortho nitro benzene ring substituents is 1. The van der Waals surface area contributed by atoms with E-state index < -0.39 is 28.5 Å². The number of nitrogens with zero attached hydrogens (tertiary/aromatic N) is 1. The zero-order chi connectivity index (χ0) is 20.1. The van der Waals surface area contributed by atoms with E-state index >= 15 is 0 Å². The molecule has 1 unspecified atom stereocenters. The number of benzene rings is 2. The molecule has 0 saturated carbocycles. The molecule has 0 aromatic heterocycles. The van der Waals surface area contributed by atoms with Crippen LogP contribution in [0, 0.1) is 10.1 Å². The van der Waals surface area contributed by atoms with Crippen molar-refractivity contribution in [2.75, 3.05) is 0 Å². The first kappa shape index (κ1) is 19.9. The molecule has 2 aromatic carbocycles. The molecule has 0 fully saturated rings. The van der Waals surface area contributed by atoms with Gasteiger partial charge in [0.25, 0.3) is 11.6 Å². The fourth-order valence-corrected chi connectivity index (χ4v) is 2.44. The number of nitro benzene ring substituents is 1. The topological polar surface area (TPSA) is 119 Å². The Morgan fingerprint density at radius 3 is 2.19 bits per heavy atom. The second-order valence-electron chi connectivity index (χ2n) is 6.26. The van der Waals surface area contributed by atoms with Gasteiger partial charge in [-0.1, -0.05) is 12.1 Å². The summed E-state index contributed by atoms with van der Waals surface area (Å²) < 4.78 is 5.56. The lowest BCUT2D eigenvalue weighted by molar-refractivity contribution is -0.384. The molecule has 142 valence electrons. The van der Waals surface area contributed by atoms with Gasteiger partial charge in [0.2, 0.25) is 0 Å². The van der Waals surface area contributed by atoms with Gasteiger partial charge in [0.05, 0.1) is 22.6 Å². The van der Waals surface area contributed by atoms with Crippen molar-refractivity contribution in [3.05, 3.63) is 69.3 Å². The molecular formula is C19H20N2O6. The number of nitro groups is 1. The van der Waals surface area contributed by atoms with Crippen molar-refractivity contribution in [3.8, 4) is 5.75 Å². The Balaban J connectivity index is 2.18. The molecule has 0 heterocycles. The third kappa shape index (κ3) is 5.27. The normalized spacial score (nSPS) is 11.7. The first-order valence-electron chi connectivity index (χ1n) is 8.27. The monoisotopic (exact) mass is 372 g/mol. The number of carbonyl (C=O) groups is 2. The van der Waals surface area contributed by atoms with E-state index in [9.17, 15) is 19.7 Å². The van der Waals surface area contributed by atoms with Crippen LogP contribution in [0.2, 0.25) is 0 Å². The third-order valence-corrected chi connectivity index (χ3v) is 3.74. The summed E-state index contributed by atoms with van der Waals surface area (Å²) in [4.78, 5) is 33.8. The van der Waals surface area contributed by atoms with Crippen LogP contribution >= 0.6 is 0 Å². The van der Waals surface area contributed by atoms with Crippen LogP contribution in [0.15, 0.2) is 42.5 Å². The van der Waals surface area contributed by atoms with E-state index in [1.165, 1.54) is 0 Å². The summed E-state index contributed by atoms with van der Waals surface area (Å²) in [5.74, 6) is -1.24. The van der Waals surface area contributed by atoms with Gasteiger partial charge < -0.3 is 15.2 Å². The highest BCUT2D eigenvalue weighted by Gasteiger charge is 2.19. The van der Waals surface area contributed by atoms with Crippen LogP contribution < -0.4 is 10.1 Å². The Morgan fingerprint density at radius 2 is 1.67 bits per heavy atom. The number of amides is 1. The first-order valence-corrected chi connectivity index (χ1v) is 8.27. The zero-order valence-corrected chi connectivity index (χ0v) is 15.1. The number of hydrogen-bond acceptors (Lipinski definition) is 5. The maximum absolute atomic E-state index is 12.4. The van der Waals surface area contributed by atoms with Crippen molar-refractivity contribution in [1.29, 1.82) is 0 Å². The molecule has 0 aliphatic heterocycles. The maximum Gasteiger partial charge on any atom is 0.335 e. The molecule has 2 N–H and O–H groups in total.